The number of amides is 1. The summed E-state index contributed by atoms with van der Waals surface area (Å²) in [6, 6.07) is 13.6. The van der Waals surface area contributed by atoms with Crippen LogP contribution >= 0.6 is 11.3 Å². The highest BCUT2D eigenvalue weighted by atomic mass is 32.1. The van der Waals surface area contributed by atoms with E-state index >= 15 is 0 Å². The molecule has 1 amide bonds. The van der Waals surface area contributed by atoms with Crippen molar-refractivity contribution in [1.29, 1.82) is 0 Å². The molecule has 1 heterocycles. The number of benzene rings is 2. The third-order valence-corrected chi connectivity index (χ3v) is 4.97. The van der Waals surface area contributed by atoms with Gasteiger partial charge in [0.25, 0.3) is 5.91 Å². The highest BCUT2D eigenvalue weighted by Gasteiger charge is 2.12. The maximum absolute atomic E-state index is 12.9. The van der Waals surface area contributed by atoms with Gasteiger partial charge in [0.2, 0.25) is 0 Å². The van der Waals surface area contributed by atoms with E-state index in [-0.39, 0.29) is 11.7 Å². The van der Waals surface area contributed by atoms with E-state index in [1.165, 1.54) is 29.8 Å². The molecule has 1 aromatic heterocycles. The molecule has 2 aromatic carbocycles. The van der Waals surface area contributed by atoms with Crippen molar-refractivity contribution in [3.63, 3.8) is 0 Å². The average Bonchev–Trinajstić information content (AvgIpc) is 2.94. The van der Waals surface area contributed by atoms with Crippen LogP contribution in [0.4, 0.5) is 4.39 Å². The average molecular weight is 340 g/mol. The maximum atomic E-state index is 12.9. The van der Waals surface area contributed by atoms with Gasteiger partial charge >= 0.3 is 0 Å². The molecule has 0 spiro atoms. The molecule has 0 aliphatic rings. The van der Waals surface area contributed by atoms with Gasteiger partial charge in [-0.25, -0.2) is 9.37 Å². The second-order valence-corrected chi connectivity index (χ2v) is 6.62. The minimum Gasteiger partial charge on any atom is -0.347 e. The Labute approximate surface area is 144 Å². The molecule has 0 aliphatic carbocycles. The van der Waals surface area contributed by atoms with Gasteiger partial charge in [-0.15, -0.1) is 11.3 Å². The Balaban J connectivity index is 1.73. The summed E-state index contributed by atoms with van der Waals surface area (Å²) in [4.78, 5) is 17.8. The van der Waals surface area contributed by atoms with Crippen LogP contribution in [0.5, 0.6) is 0 Å². The maximum Gasteiger partial charge on any atom is 0.251 e. The SMILES string of the molecule is Cc1ccccc1-c1nc(C)c(CNC(=O)c2ccc(F)cc2)s1. The number of carbonyl (C=O) groups is 1. The number of carbonyl (C=O) groups excluding carboxylic acids is 1. The van der Waals surface area contributed by atoms with Gasteiger partial charge in [-0.05, 0) is 43.7 Å². The number of halogens is 1. The van der Waals surface area contributed by atoms with E-state index in [0.717, 1.165) is 21.1 Å². The summed E-state index contributed by atoms with van der Waals surface area (Å²) in [5, 5.41) is 3.82. The number of rotatable bonds is 4. The van der Waals surface area contributed by atoms with Crippen LogP contribution in [0, 0.1) is 19.7 Å². The second-order valence-electron chi connectivity index (χ2n) is 5.53. The van der Waals surface area contributed by atoms with Crippen molar-refractivity contribution in [2.45, 2.75) is 20.4 Å². The normalized spacial score (nSPS) is 10.6. The van der Waals surface area contributed by atoms with Gasteiger partial charge in [0.1, 0.15) is 10.8 Å². The molecule has 0 aliphatic heterocycles. The zero-order valence-electron chi connectivity index (χ0n) is 13.5. The Morgan fingerprint density at radius 1 is 1.12 bits per heavy atom. The molecular formula is C19H17FN2OS. The zero-order chi connectivity index (χ0) is 17.1. The number of hydrogen-bond acceptors (Lipinski definition) is 3. The van der Waals surface area contributed by atoms with Crippen molar-refractivity contribution >= 4 is 17.2 Å². The highest BCUT2D eigenvalue weighted by Crippen LogP contribution is 2.30. The minimum atomic E-state index is -0.354. The number of nitrogens with one attached hydrogen (secondary N) is 1. The number of aromatic nitrogens is 1. The van der Waals surface area contributed by atoms with E-state index in [1.807, 2.05) is 19.1 Å². The first-order valence-electron chi connectivity index (χ1n) is 7.60. The number of thiazole rings is 1. The first kappa shape index (κ1) is 16.3. The lowest BCUT2D eigenvalue weighted by Gasteiger charge is -2.04. The van der Waals surface area contributed by atoms with Crippen LogP contribution in [0.3, 0.4) is 0 Å². The first-order chi connectivity index (χ1) is 11.5. The Bertz CT molecular complexity index is 871. The predicted molar refractivity (Wildman–Crippen MR) is 94.6 cm³/mol. The van der Waals surface area contributed by atoms with Crippen molar-refractivity contribution in [2.24, 2.45) is 0 Å². The Kier molecular flexibility index (Phi) is 4.71. The van der Waals surface area contributed by atoms with E-state index < -0.39 is 0 Å². The van der Waals surface area contributed by atoms with Gasteiger partial charge in [-0.1, -0.05) is 24.3 Å². The molecule has 0 bridgehead atoms. The van der Waals surface area contributed by atoms with Crippen LogP contribution in [0.25, 0.3) is 10.6 Å². The summed E-state index contributed by atoms with van der Waals surface area (Å²) in [6.07, 6.45) is 0. The third kappa shape index (κ3) is 3.51. The van der Waals surface area contributed by atoms with Crippen molar-refractivity contribution < 1.29 is 9.18 Å². The lowest BCUT2D eigenvalue weighted by Crippen LogP contribution is -2.22. The molecule has 0 unspecified atom stereocenters. The molecule has 24 heavy (non-hydrogen) atoms. The fourth-order valence-electron chi connectivity index (χ4n) is 2.38. The molecule has 3 nitrogen and oxygen atoms in total. The Hall–Kier alpha value is -2.53. The van der Waals surface area contributed by atoms with Crippen LogP contribution < -0.4 is 5.32 Å². The molecule has 0 saturated heterocycles. The van der Waals surface area contributed by atoms with Crippen LogP contribution in [-0.4, -0.2) is 10.9 Å². The predicted octanol–water partition coefficient (Wildman–Crippen LogP) is 4.50. The first-order valence-corrected chi connectivity index (χ1v) is 8.42. The Morgan fingerprint density at radius 3 is 2.54 bits per heavy atom. The molecule has 3 aromatic rings. The minimum absolute atomic E-state index is 0.222. The standard InChI is InChI=1S/C19H17FN2OS/c1-12-5-3-4-6-16(12)19-22-13(2)17(24-19)11-21-18(23)14-7-9-15(20)10-8-14/h3-10H,11H2,1-2H3,(H,21,23). The molecule has 0 atom stereocenters. The van der Waals surface area contributed by atoms with Gasteiger partial charge < -0.3 is 5.32 Å². The van der Waals surface area contributed by atoms with Crippen LogP contribution in [-0.2, 0) is 6.54 Å². The van der Waals surface area contributed by atoms with Crippen molar-refractivity contribution in [2.75, 3.05) is 0 Å². The van der Waals surface area contributed by atoms with Crippen LogP contribution in [0.15, 0.2) is 48.5 Å². The van der Waals surface area contributed by atoms with Crippen molar-refractivity contribution in [3.05, 3.63) is 76.0 Å². The van der Waals surface area contributed by atoms with Gasteiger partial charge in [0.15, 0.2) is 0 Å². The Morgan fingerprint density at radius 2 is 1.83 bits per heavy atom. The topological polar surface area (TPSA) is 42.0 Å². The molecule has 0 saturated carbocycles. The molecule has 0 fully saturated rings. The summed E-state index contributed by atoms with van der Waals surface area (Å²) in [5.41, 5.74) is 3.64. The smallest absolute Gasteiger partial charge is 0.251 e. The number of nitrogens with zero attached hydrogens (tertiary/aromatic N) is 1. The monoisotopic (exact) mass is 340 g/mol. The summed E-state index contributed by atoms with van der Waals surface area (Å²) < 4.78 is 12.9. The van der Waals surface area contributed by atoms with E-state index in [2.05, 4.69) is 29.4 Å². The van der Waals surface area contributed by atoms with Crippen LogP contribution in [0.1, 0.15) is 26.5 Å². The van der Waals surface area contributed by atoms with Gasteiger partial charge in [-0.3, -0.25) is 4.79 Å². The molecule has 3 rings (SSSR count). The third-order valence-electron chi connectivity index (χ3n) is 3.78. The largest absolute Gasteiger partial charge is 0.347 e. The van der Waals surface area contributed by atoms with Gasteiger partial charge in [0, 0.05) is 16.0 Å². The van der Waals surface area contributed by atoms with Gasteiger partial charge in [0.05, 0.1) is 12.2 Å². The lowest BCUT2D eigenvalue weighted by molar-refractivity contribution is 0.0951. The molecule has 5 heteroatoms. The van der Waals surface area contributed by atoms with Gasteiger partial charge in [-0.2, -0.15) is 0 Å². The number of hydrogen-bond donors (Lipinski definition) is 1. The summed E-state index contributed by atoms with van der Waals surface area (Å²) >= 11 is 1.58. The summed E-state index contributed by atoms with van der Waals surface area (Å²) in [6.45, 7) is 4.41. The summed E-state index contributed by atoms with van der Waals surface area (Å²) in [7, 11) is 0. The fourth-order valence-corrected chi connectivity index (χ4v) is 3.48. The number of aryl methyl sites for hydroxylation is 2. The van der Waals surface area contributed by atoms with E-state index in [4.69, 9.17) is 0 Å². The van der Waals surface area contributed by atoms with E-state index in [9.17, 15) is 9.18 Å². The highest BCUT2D eigenvalue weighted by molar-refractivity contribution is 7.15. The zero-order valence-corrected chi connectivity index (χ0v) is 14.3. The molecular weight excluding hydrogens is 323 g/mol. The van der Waals surface area contributed by atoms with E-state index in [1.54, 1.807) is 11.3 Å². The lowest BCUT2D eigenvalue weighted by atomic mass is 10.1. The van der Waals surface area contributed by atoms with Crippen molar-refractivity contribution in [3.8, 4) is 10.6 Å². The fraction of sp³-hybridized carbons (Fsp3) is 0.158. The van der Waals surface area contributed by atoms with Crippen molar-refractivity contribution in [1.82, 2.24) is 10.3 Å². The molecule has 1 N–H and O–H groups in total. The second kappa shape index (κ2) is 6.93. The molecule has 0 radical (unpaired) electrons. The summed E-state index contributed by atoms with van der Waals surface area (Å²) in [5.74, 6) is -0.576. The van der Waals surface area contributed by atoms with E-state index in [0.29, 0.717) is 12.1 Å². The molecule has 122 valence electrons. The van der Waals surface area contributed by atoms with Crippen LogP contribution in [0.2, 0.25) is 0 Å². The quantitative estimate of drug-likeness (QED) is 0.760.